The van der Waals surface area contributed by atoms with E-state index in [0.29, 0.717) is 11.5 Å². The third-order valence-corrected chi connectivity index (χ3v) is 2.51. The molecule has 0 aliphatic rings. The van der Waals surface area contributed by atoms with Crippen molar-refractivity contribution >= 4 is 22.8 Å². The molecule has 6 nitrogen and oxygen atoms in total. The number of pyridine rings is 1. The Labute approximate surface area is 102 Å². The lowest BCUT2D eigenvalue weighted by Crippen LogP contribution is -2.12. The monoisotopic (exact) mass is 239 g/mol. The Kier molecular flexibility index (Phi) is 2.45. The van der Waals surface area contributed by atoms with E-state index in [1.807, 2.05) is 18.2 Å². The number of nitrogens with one attached hydrogen (secondary N) is 2. The molecule has 0 aliphatic carbocycles. The maximum Gasteiger partial charge on any atom is 0.258 e. The van der Waals surface area contributed by atoms with Crippen LogP contribution < -0.4 is 5.32 Å². The zero-order valence-corrected chi connectivity index (χ0v) is 9.29. The van der Waals surface area contributed by atoms with E-state index in [9.17, 15) is 4.79 Å². The van der Waals surface area contributed by atoms with Gasteiger partial charge in [0.25, 0.3) is 5.91 Å². The molecule has 88 valence electrons. The minimum Gasteiger partial charge on any atom is -0.291 e. The van der Waals surface area contributed by atoms with Crippen molar-refractivity contribution in [1.29, 1.82) is 0 Å². The summed E-state index contributed by atoms with van der Waals surface area (Å²) >= 11 is 0. The van der Waals surface area contributed by atoms with Gasteiger partial charge in [-0.05, 0) is 24.3 Å². The van der Waals surface area contributed by atoms with Gasteiger partial charge in [0.1, 0.15) is 6.33 Å². The van der Waals surface area contributed by atoms with Crippen molar-refractivity contribution in [2.45, 2.75) is 0 Å². The Hall–Kier alpha value is -2.76. The van der Waals surface area contributed by atoms with Gasteiger partial charge in [-0.15, -0.1) is 0 Å². The Balaban J connectivity index is 1.92. The third-order valence-electron chi connectivity index (χ3n) is 2.51. The predicted molar refractivity (Wildman–Crippen MR) is 66.1 cm³/mol. The molecule has 3 rings (SSSR count). The summed E-state index contributed by atoms with van der Waals surface area (Å²) in [6, 6.07) is 9.06. The number of carbonyl (C=O) groups excluding carboxylic acids is 1. The van der Waals surface area contributed by atoms with Crippen molar-refractivity contribution in [2.75, 3.05) is 5.32 Å². The molecule has 0 aliphatic heterocycles. The molecule has 3 aromatic rings. The van der Waals surface area contributed by atoms with Crippen molar-refractivity contribution in [3.63, 3.8) is 0 Å². The predicted octanol–water partition coefficient (Wildman–Crippen LogP) is 1.61. The molecule has 0 spiro atoms. The van der Waals surface area contributed by atoms with Gasteiger partial charge in [0.05, 0.1) is 5.52 Å². The van der Waals surface area contributed by atoms with Gasteiger partial charge >= 0.3 is 0 Å². The van der Waals surface area contributed by atoms with Crippen LogP contribution in [0.15, 0.2) is 42.9 Å². The van der Waals surface area contributed by atoms with Crippen molar-refractivity contribution in [3.8, 4) is 0 Å². The van der Waals surface area contributed by atoms with Crippen LogP contribution in [0.4, 0.5) is 5.95 Å². The molecule has 1 amide bonds. The molecule has 0 saturated heterocycles. The number of H-pyrrole nitrogens is 1. The molecule has 0 bridgehead atoms. The number of fused-ring (bicyclic) bond motifs is 1. The van der Waals surface area contributed by atoms with Crippen LogP contribution in [0.2, 0.25) is 0 Å². The number of carbonyl (C=O) groups is 1. The Morgan fingerprint density at radius 2 is 2.17 bits per heavy atom. The number of aromatic amines is 1. The van der Waals surface area contributed by atoms with E-state index in [0.717, 1.165) is 10.9 Å². The molecule has 2 aromatic heterocycles. The number of hydrogen-bond donors (Lipinski definition) is 2. The minimum absolute atomic E-state index is 0.238. The Morgan fingerprint density at radius 1 is 1.22 bits per heavy atom. The fraction of sp³-hybridized carbons (Fsp3) is 0. The number of hydrogen-bond acceptors (Lipinski definition) is 4. The lowest BCUT2D eigenvalue weighted by atomic mass is 10.1. The second-order valence-corrected chi connectivity index (χ2v) is 3.70. The summed E-state index contributed by atoms with van der Waals surface area (Å²) in [7, 11) is 0. The van der Waals surface area contributed by atoms with Gasteiger partial charge in [0.15, 0.2) is 0 Å². The van der Waals surface area contributed by atoms with Gasteiger partial charge in [-0.25, -0.2) is 5.10 Å². The van der Waals surface area contributed by atoms with E-state index >= 15 is 0 Å². The van der Waals surface area contributed by atoms with Crippen molar-refractivity contribution in [3.05, 3.63) is 48.4 Å². The van der Waals surface area contributed by atoms with Gasteiger partial charge < -0.3 is 0 Å². The van der Waals surface area contributed by atoms with E-state index in [4.69, 9.17) is 0 Å². The second kappa shape index (κ2) is 4.25. The molecule has 0 saturated carbocycles. The highest BCUT2D eigenvalue weighted by Crippen LogP contribution is 2.14. The maximum atomic E-state index is 11.9. The molecule has 0 fully saturated rings. The average Bonchev–Trinajstić information content (AvgIpc) is 2.91. The van der Waals surface area contributed by atoms with Crippen LogP contribution in [0.25, 0.3) is 10.9 Å². The summed E-state index contributed by atoms with van der Waals surface area (Å²) in [4.78, 5) is 20.0. The molecule has 0 unspecified atom stereocenters. The normalized spacial score (nSPS) is 10.4. The first-order valence-electron chi connectivity index (χ1n) is 5.34. The van der Waals surface area contributed by atoms with Crippen LogP contribution in [0, 0.1) is 0 Å². The second-order valence-electron chi connectivity index (χ2n) is 3.70. The fourth-order valence-corrected chi connectivity index (χ4v) is 1.66. The average molecular weight is 239 g/mol. The topological polar surface area (TPSA) is 83.6 Å². The highest BCUT2D eigenvalue weighted by molar-refractivity contribution is 6.05. The van der Waals surface area contributed by atoms with Gasteiger partial charge in [-0.2, -0.15) is 10.1 Å². The van der Waals surface area contributed by atoms with Gasteiger partial charge in [0.2, 0.25) is 5.95 Å². The number of benzene rings is 1. The SMILES string of the molecule is O=C(Nc1ncn[nH]1)c1ccc2ncccc2c1. The van der Waals surface area contributed by atoms with Crippen LogP contribution in [0.3, 0.4) is 0 Å². The maximum absolute atomic E-state index is 11.9. The first-order chi connectivity index (χ1) is 8.83. The van der Waals surface area contributed by atoms with Crippen LogP contribution >= 0.6 is 0 Å². The molecular weight excluding hydrogens is 230 g/mol. The third kappa shape index (κ3) is 1.91. The molecular formula is C12H9N5O. The molecule has 6 heteroatoms. The molecule has 0 atom stereocenters. The first kappa shape index (κ1) is 10.4. The number of rotatable bonds is 2. The summed E-state index contributed by atoms with van der Waals surface area (Å²) in [6.07, 6.45) is 3.05. The molecule has 1 aromatic carbocycles. The Bertz CT molecular complexity index is 693. The van der Waals surface area contributed by atoms with Crippen LogP contribution in [0.5, 0.6) is 0 Å². The van der Waals surface area contributed by atoms with Gasteiger partial charge in [-0.1, -0.05) is 6.07 Å². The Morgan fingerprint density at radius 3 is 3.00 bits per heavy atom. The number of anilines is 1. The van der Waals surface area contributed by atoms with Crippen LogP contribution in [-0.2, 0) is 0 Å². The zero-order valence-electron chi connectivity index (χ0n) is 9.29. The molecule has 18 heavy (non-hydrogen) atoms. The summed E-state index contributed by atoms with van der Waals surface area (Å²) in [5, 5.41) is 9.76. The lowest BCUT2D eigenvalue weighted by molar-refractivity contribution is 0.102. The van der Waals surface area contributed by atoms with Gasteiger partial charge in [-0.3, -0.25) is 15.1 Å². The van der Waals surface area contributed by atoms with Crippen molar-refractivity contribution in [1.82, 2.24) is 20.2 Å². The van der Waals surface area contributed by atoms with E-state index in [2.05, 4.69) is 25.5 Å². The highest BCUT2D eigenvalue weighted by atomic mass is 16.1. The van der Waals surface area contributed by atoms with Crippen molar-refractivity contribution < 1.29 is 4.79 Å². The first-order valence-corrected chi connectivity index (χ1v) is 5.34. The van der Waals surface area contributed by atoms with Crippen LogP contribution in [0.1, 0.15) is 10.4 Å². The summed E-state index contributed by atoms with van der Waals surface area (Å²) in [5.41, 5.74) is 1.40. The quantitative estimate of drug-likeness (QED) is 0.711. The van der Waals surface area contributed by atoms with Gasteiger partial charge in [0, 0.05) is 17.1 Å². The lowest BCUT2D eigenvalue weighted by Gasteiger charge is -2.03. The van der Waals surface area contributed by atoms with E-state index < -0.39 is 0 Å². The zero-order chi connectivity index (χ0) is 12.4. The van der Waals surface area contributed by atoms with E-state index in [1.165, 1.54) is 6.33 Å². The van der Waals surface area contributed by atoms with Crippen LogP contribution in [-0.4, -0.2) is 26.1 Å². The summed E-state index contributed by atoms with van der Waals surface area (Å²) < 4.78 is 0. The largest absolute Gasteiger partial charge is 0.291 e. The molecule has 2 N–H and O–H groups in total. The summed E-state index contributed by atoms with van der Waals surface area (Å²) in [5.74, 6) is 0.0868. The molecule has 2 heterocycles. The fourth-order valence-electron chi connectivity index (χ4n) is 1.66. The number of aromatic nitrogens is 4. The standard InChI is InChI=1S/C12H9N5O/c18-11(16-12-14-7-15-17-12)9-3-4-10-8(6-9)2-1-5-13-10/h1-7H,(H2,14,15,16,17,18). The smallest absolute Gasteiger partial charge is 0.258 e. The highest BCUT2D eigenvalue weighted by Gasteiger charge is 2.08. The molecule has 0 radical (unpaired) electrons. The minimum atomic E-state index is -0.238. The number of nitrogens with zero attached hydrogens (tertiary/aromatic N) is 3. The van der Waals surface area contributed by atoms with Crippen molar-refractivity contribution in [2.24, 2.45) is 0 Å². The van der Waals surface area contributed by atoms with E-state index in [1.54, 1.807) is 18.3 Å². The summed E-state index contributed by atoms with van der Waals surface area (Å²) in [6.45, 7) is 0. The number of amides is 1. The van der Waals surface area contributed by atoms with E-state index in [-0.39, 0.29) is 5.91 Å².